The number of amides is 2. The predicted octanol–water partition coefficient (Wildman–Crippen LogP) is 4.75. The summed E-state index contributed by atoms with van der Waals surface area (Å²) in [6.07, 6.45) is 1.52. The number of nitrogens with one attached hydrogen (secondary N) is 1. The van der Waals surface area contributed by atoms with E-state index in [2.05, 4.69) is 5.32 Å². The van der Waals surface area contributed by atoms with Crippen LogP contribution >= 0.6 is 23.8 Å². The van der Waals surface area contributed by atoms with E-state index in [9.17, 15) is 9.59 Å². The van der Waals surface area contributed by atoms with Crippen LogP contribution in [0.4, 0.5) is 5.69 Å². The number of thiocarbonyl (C=S) groups is 1. The topological polar surface area (TPSA) is 58.6 Å². The number of nitrogens with zero attached hydrogens (tertiary/aromatic N) is 1. The molecule has 1 aliphatic heterocycles. The Labute approximate surface area is 189 Å². The monoisotopic (exact) mass is 448 g/mol. The maximum atomic E-state index is 13.2. The van der Waals surface area contributed by atoms with Gasteiger partial charge in [0.05, 0.1) is 5.69 Å². The minimum absolute atomic E-state index is 0.0167. The molecule has 0 bridgehead atoms. The van der Waals surface area contributed by atoms with E-state index in [1.54, 1.807) is 36.4 Å². The normalized spacial score (nSPS) is 15.2. The van der Waals surface area contributed by atoms with E-state index in [1.165, 1.54) is 11.0 Å². The molecule has 4 rings (SSSR count). The molecule has 154 valence electrons. The Bertz CT molecular complexity index is 1180. The Hall–Kier alpha value is -3.48. The van der Waals surface area contributed by atoms with Crippen LogP contribution < -0.4 is 15.0 Å². The summed E-state index contributed by atoms with van der Waals surface area (Å²) in [6, 6.07) is 23.6. The second kappa shape index (κ2) is 9.12. The molecule has 0 aliphatic carbocycles. The third kappa shape index (κ3) is 4.66. The van der Waals surface area contributed by atoms with Crippen molar-refractivity contribution in [3.05, 3.63) is 101 Å². The minimum atomic E-state index is -0.557. The first-order chi connectivity index (χ1) is 15.0. The van der Waals surface area contributed by atoms with E-state index in [1.807, 2.05) is 42.5 Å². The lowest BCUT2D eigenvalue weighted by atomic mass is 10.1. The molecule has 5 nitrogen and oxygen atoms in total. The zero-order valence-corrected chi connectivity index (χ0v) is 17.8. The summed E-state index contributed by atoms with van der Waals surface area (Å²) in [5.74, 6) is -0.516. The van der Waals surface area contributed by atoms with Crippen molar-refractivity contribution in [2.24, 2.45) is 0 Å². The van der Waals surface area contributed by atoms with Crippen LogP contribution in [0.3, 0.4) is 0 Å². The van der Waals surface area contributed by atoms with Gasteiger partial charge in [-0.1, -0.05) is 60.1 Å². The molecule has 3 aromatic carbocycles. The van der Waals surface area contributed by atoms with Crippen molar-refractivity contribution in [3.63, 3.8) is 0 Å². The molecule has 0 aromatic heterocycles. The van der Waals surface area contributed by atoms with Gasteiger partial charge in [0.15, 0.2) is 5.11 Å². The maximum Gasteiger partial charge on any atom is 0.270 e. The number of rotatable bonds is 5. The van der Waals surface area contributed by atoms with Gasteiger partial charge in [-0.2, -0.15) is 0 Å². The molecule has 3 aromatic rings. The molecule has 7 heteroatoms. The van der Waals surface area contributed by atoms with Crippen molar-refractivity contribution in [2.75, 3.05) is 4.90 Å². The molecule has 1 fully saturated rings. The SMILES string of the molecule is O=C1NC(=S)N(c2ccc(Cl)cc2)C(=O)/C1=C\c1ccccc1OCc1ccccc1. The number of hydrogen-bond acceptors (Lipinski definition) is 4. The molecule has 31 heavy (non-hydrogen) atoms. The van der Waals surface area contributed by atoms with Gasteiger partial charge < -0.3 is 4.74 Å². The largest absolute Gasteiger partial charge is 0.488 e. The van der Waals surface area contributed by atoms with Crippen LogP contribution in [0.5, 0.6) is 5.75 Å². The van der Waals surface area contributed by atoms with Crippen molar-refractivity contribution in [1.82, 2.24) is 5.32 Å². The Morgan fingerprint density at radius 1 is 0.935 bits per heavy atom. The van der Waals surface area contributed by atoms with E-state index in [0.717, 1.165) is 5.56 Å². The van der Waals surface area contributed by atoms with E-state index in [-0.39, 0.29) is 10.7 Å². The fourth-order valence-electron chi connectivity index (χ4n) is 3.10. The van der Waals surface area contributed by atoms with Crippen molar-refractivity contribution < 1.29 is 14.3 Å². The first-order valence-corrected chi connectivity index (χ1v) is 10.2. The second-order valence-corrected chi connectivity index (χ2v) is 7.57. The third-order valence-electron chi connectivity index (χ3n) is 4.64. The number of para-hydroxylation sites is 1. The predicted molar refractivity (Wildman–Crippen MR) is 125 cm³/mol. The van der Waals surface area contributed by atoms with Gasteiger partial charge in [-0.25, -0.2) is 0 Å². The van der Waals surface area contributed by atoms with Crippen molar-refractivity contribution in [1.29, 1.82) is 0 Å². The summed E-state index contributed by atoms with van der Waals surface area (Å²) in [5, 5.41) is 3.12. The van der Waals surface area contributed by atoms with Gasteiger partial charge in [-0.15, -0.1) is 0 Å². The Morgan fingerprint density at radius 3 is 2.35 bits per heavy atom. The maximum absolute atomic E-state index is 13.2. The van der Waals surface area contributed by atoms with Gasteiger partial charge in [0, 0.05) is 10.6 Å². The smallest absolute Gasteiger partial charge is 0.270 e. The molecule has 1 saturated heterocycles. The fraction of sp³-hybridized carbons (Fsp3) is 0.0417. The van der Waals surface area contributed by atoms with Crippen molar-refractivity contribution in [3.8, 4) is 5.75 Å². The molecule has 1 N–H and O–H groups in total. The number of halogens is 1. The van der Waals surface area contributed by atoms with Crippen molar-refractivity contribution >= 4 is 52.5 Å². The Kier molecular flexibility index (Phi) is 6.11. The first-order valence-electron chi connectivity index (χ1n) is 9.46. The quantitative estimate of drug-likeness (QED) is 0.347. The van der Waals surface area contributed by atoms with E-state index >= 15 is 0 Å². The van der Waals surface area contributed by atoms with Crippen LogP contribution in [0.25, 0.3) is 6.08 Å². The van der Waals surface area contributed by atoms with Crippen LogP contribution in [-0.2, 0) is 16.2 Å². The van der Waals surface area contributed by atoms with Gasteiger partial charge in [0.2, 0.25) is 0 Å². The van der Waals surface area contributed by atoms with Crippen LogP contribution in [0.1, 0.15) is 11.1 Å². The molecule has 1 heterocycles. The summed E-state index contributed by atoms with van der Waals surface area (Å²) in [6.45, 7) is 0.363. The molecule has 2 amide bonds. The number of hydrogen-bond donors (Lipinski definition) is 1. The second-order valence-electron chi connectivity index (χ2n) is 6.75. The average Bonchev–Trinajstić information content (AvgIpc) is 2.78. The molecular formula is C24H17ClN2O3S. The number of anilines is 1. The highest BCUT2D eigenvalue weighted by Gasteiger charge is 2.34. The number of carbonyl (C=O) groups excluding carboxylic acids is 2. The highest BCUT2D eigenvalue weighted by atomic mass is 35.5. The Balaban J connectivity index is 1.64. The molecule has 1 aliphatic rings. The van der Waals surface area contributed by atoms with E-state index < -0.39 is 11.8 Å². The number of ether oxygens (including phenoxy) is 1. The van der Waals surface area contributed by atoms with Gasteiger partial charge in [-0.05, 0) is 54.2 Å². The zero-order chi connectivity index (χ0) is 21.8. The van der Waals surface area contributed by atoms with Gasteiger partial charge in [0.25, 0.3) is 11.8 Å². The standard InChI is InChI=1S/C24H17ClN2O3S/c25-18-10-12-19(13-11-18)27-23(29)20(22(28)26-24(27)31)14-17-8-4-5-9-21(17)30-15-16-6-2-1-3-7-16/h1-14H,15H2,(H,26,28,31)/b20-14-. The van der Waals surface area contributed by atoms with Gasteiger partial charge >= 0.3 is 0 Å². The summed E-state index contributed by atoms with van der Waals surface area (Å²) in [7, 11) is 0. The molecule has 0 radical (unpaired) electrons. The average molecular weight is 449 g/mol. The highest BCUT2D eigenvalue weighted by Crippen LogP contribution is 2.26. The van der Waals surface area contributed by atoms with Crippen molar-refractivity contribution in [2.45, 2.75) is 6.61 Å². The van der Waals surface area contributed by atoms with Crippen LogP contribution in [0, 0.1) is 0 Å². The van der Waals surface area contributed by atoms with Crippen LogP contribution in [0.15, 0.2) is 84.4 Å². The van der Waals surface area contributed by atoms with Gasteiger partial charge in [0.1, 0.15) is 17.9 Å². The first kappa shape index (κ1) is 20.8. The lowest BCUT2D eigenvalue weighted by Crippen LogP contribution is -2.54. The summed E-state index contributed by atoms with van der Waals surface area (Å²) < 4.78 is 5.94. The third-order valence-corrected chi connectivity index (χ3v) is 5.18. The summed E-state index contributed by atoms with van der Waals surface area (Å²) in [5.41, 5.74) is 2.09. The van der Waals surface area contributed by atoms with E-state index in [0.29, 0.717) is 28.6 Å². The summed E-state index contributed by atoms with van der Waals surface area (Å²) >= 11 is 11.2. The van der Waals surface area contributed by atoms with Crippen LogP contribution in [0.2, 0.25) is 5.02 Å². The molecule has 0 spiro atoms. The zero-order valence-electron chi connectivity index (χ0n) is 16.2. The number of carbonyl (C=O) groups is 2. The van der Waals surface area contributed by atoms with E-state index in [4.69, 9.17) is 28.6 Å². The highest BCUT2D eigenvalue weighted by molar-refractivity contribution is 7.80. The lowest BCUT2D eigenvalue weighted by molar-refractivity contribution is -0.122. The molecule has 0 saturated carbocycles. The van der Waals surface area contributed by atoms with Crippen LogP contribution in [-0.4, -0.2) is 16.9 Å². The fourth-order valence-corrected chi connectivity index (χ4v) is 3.51. The molecule has 0 atom stereocenters. The molecular weight excluding hydrogens is 432 g/mol. The van der Waals surface area contributed by atoms with Gasteiger partial charge in [-0.3, -0.25) is 19.8 Å². The molecule has 0 unspecified atom stereocenters. The lowest BCUT2D eigenvalue weighted by Gasteiger charge is -2.29. The minimum Gasteiger partial charge on any atom is -0.488 e. The summed E-state index contributed by atoms with van der Waals surface area (Å²) in [4.78, 5) is 27.0. The number of benzene rings is 3. The Morgan fingerprint density at radius 2 is 1.61 bits per heavy atom.